The highest BCUT2D eigenvalue weighted by Gasteiger charge is 2.69. The van der Waals surface area contributed by atoms with Gasteiger partial charge in [-0.05, 0) is 60.5 Å². The first-order valence-electron chi connectivity index (χ1n) is 8.01. The Morgan fingerprint density at radius 3 is 1.59 bits per heavy atom. The molecule has 0 aliphatic heterocycles. The molecule has 0 radical (unpaired) electrons. The molecule has 0 nitrogen and oxygen atoms in total. The maximum atomic E-state index is 7.11. The molecule has 6 atom stereocenters. The molecule has 116 valence electrons. The Kier molecular flexibility index (Phi) is 2.89. The van der Waals surface area contributed by atoms with Gasteiger partial charge in [0.2, 0.25) is 0 Å². The highest BCUT2D eigenvalue weighted by Crippen LogP contribution is 2.73. The second-order valence-electron chi connectivity index (χ2n) is 7.32. The van der Waals surface area contributed by atoms with E-state index in [2.05, 4.69) is 24.3 Å². The quantitative estimate of drug-likeness (QED) is 0.465. The zero-order valence-corrected chi connectivity index (χ0v) is 15.0. The second kappa shape index (κ2) is 4.39. The third-order valence-electron chi connectivity index (χ3n) is 6.67. The first-order valence-corrected chi connectivity index (χ1v) is 9.52. The normalized spacial score (nSPS) is 48.4. The van der Waals surface area contributed by atoms with Crippen LogP contribution in [0.1, 0.15) is 48.6 Å². The zero-order valence-electron chi connectivity index (χ0n) is 12.0. The van der Waals surface area contributed by atoms with E-state index in [1.807, 2.05) is 0 Å². The lowest BCUT2D eigenvalue weighted by molar-refractivity contribution is 0.0464. The van der Waals surface area contributed by atoms with E-state index in [9.17, 15) is 0 Å². The smallest absolute Gasteiger partial charge is 0.0851 e. The van der Waals surface area contributed by atoms with Gasteiger partial charge in [-0.15, -0.1) is 23.2 Å². The minimum Gasteiger partial charge on any atom is -0.113 e. The molecular formula is C18H16Cl4. The molecule has 0 heterocycles. The lowest BCUT2D eigenvalue weighted by Crippen LogP contribution is -2.63. The van der Waals surface area contributed by atoms with Gasteiger partial charge in [-0.3, -0.25) is 0 Å². The van der Waals surface area contributed by atoms with Crippen molar-refractivity contribution >= 4 is 46.4 Å². The molecule has 2 saturated carbocycles. The first-order chi connectivity index (χ1) is 10.5. The Morgan fingerprint density at radius 2 is 1.18 bits per heavy atom. The summed E-state index contributed by atoms with van der Waals surface area (Å²) in [4.78, 5) is -1.03. The summed E-state index contributed by atoms with van der Waals surface area (Å²) in [5, 5.41) is 1.23. The van der Waals surface area contributed by atoms with Crippen molar-refractivity contribution in [1.82, 2.24) is 0 Å². The van der Waals surface area contributed by atoms with Crippen molar-refractivity contribution in [3.05, 3.63) is 45.5 Å². The van der Waals surface area contributed by atoms with Crippen LogP contribution < -0.4 is 0 Å². The van der Waals surface area contributed by atoms with Crippen LogP contribution in [0.25, 0.3) is 0 Å². The van der Waals surface area contributed by atoms with Crippen molar-refractivity contribution in [2.45, 2.75) is 47.3 Å². The van der Waals surface area contributed by atoms with Gasteiger partial charge in [-0.25, -0.2) is 0 Å². The van der Waals surface area contributed by atoms with Gasteiger partial charge in [0, 0.05) is 0 Å². The van der Waals surface area contributed by atoms with Crippen molar-refractivity contribution < 1.29 is 0 Å². The van der Waals surface area contributed by atoms with E-state index >= 15 is 0 Å². The number of allylic oxidation sites excluding steroid dienone is 2. The van der Waals surface area contributed by atoms with Crippen LogP contribution in [0.4, 0.5) is 0 Å². The van der Waals surface area contributed by atoms with Crippen LogP contribution in [0.3, 0.4) is 0 Å². The molecule has 22 heavy (non-hydrogen) atoms. The largest absolute Gasteiger partial charge is 0.113 e. The Balaban J connectivity index is 1.79. The van der Waals surface area contributed by atoms with Crippen molar-refractivity contribution in [2.75, 3.05) is 0 Å². The van der Waals surface area contributed by atoms with Crippen molar-refractivity contribution in [3.8, 4) is 0 Å². The van der Waals surface area contributed by atoms with E-state index in [4.69, 9.17) is 46.4 Å². The summed E-state index contributed by atoms with van der Waals surface area (Å²) in [6.45, 7) is 0. The van der Waals surface area contributed by atoms with Gasteiger partial charge < -0.3 is 0 Å². The third-order valence-corrected chi connectivity index (χ3v) is 9.27. The highest BCUT2D eigenvalue weighted by atomic mass is 35.5. The van der Waals surface area contributed by atoms with Gasteiger partial charge in [0.1, 0.15) is 0 Å². The van der Waals surface area contributed by atoms with Crippen LogP contribution in [0.15, 0.2) is 34.3 Å². The van der Waals surface area contributed by atoms with E-state index in [1.165, 1.54) is 24.0 Å². The number of benzene rings is 1. The maximum absolute atomic E-state index is 7.11. The van der Waals surface area contributed by atoms with Crippen molar-refractivity contribution in [1.29, 1.82) is 0 Å². The molecule has 6 aliphatic rings. The zero-order chi connectivity index (χ0) is 15.3. The van der Waals surface area contributed by atoms with E-state index in [0.29, 0.717) is 33.7 Å². The monoisotopic (exact) mass is 372 g/mol. The van der Waals surface area contributed by atoms with Crippen LogP contribution >= 0.6 is 46.4 Å². The minimum absolute atomic E-state index is 0.309. The molecule has 6 aliphatic carbocycles. The van der Waals surface area contributed by atoms with Gasteiger partial charge in [0.15, 0.2) is 0 Å². The standard InChI is InChI=1S/C18H16Cl4/c19-15-16(20)18(22)8-7-17(15,21)13-11-5-6-12(14(13)18)10-4-2-1-3-9(10)11/h1-4,11-14H,5-8H2/t11-,12+,13+,14-,17+,18-. The summed E-state index contributed by atoms with van der Waals surface area (Å²) in [6, 6.07) is 8.81. The van der Waals surface area contributed by atoms with Crippen LogP contribution in [0.5, 0.6) is 0 Å². The molecule has 2 fully saturated rings. The molecule has 0 spiro atoms. The summed E-state index contributed by atoms with van der Waals surface area (Å²) in [5.74, 6) is 1.54. The van der Waals surface area contributed by atoms with Crippen molar-refractivity contribution in [3.63, 3.8) is 0 Å². The fourth-order valence-electron chi connectivity index (χ4n) is 5.88. The van der Waals surface area contributed by atoms with Crippen LogP contribution in [-0.4, -0.2) is 9.75 Å². The summed E-state index contributed by atoms with van der Waals surface area (Å²) in [5.41, 5.74) is 2.93. The molecule has 1 aromatic carbocycles. The predicted octanol–water partition coefficient (Wildman–Crippen LogP) is 6.35. The van der Waals surface area contributed by atoms with E-state index in [1.54, 1.807) is 0 Å². The average molecular weight is 374 g/mol. The molecule has 0 N–H and O–H groups in total. The van der Waals surface area contributed by atoms with Crippen LogP contribution in [0, 0.1) is 11.8 Å². The Bertz CT molecular complexity index is 652. The predicted molar refractivity (Wildman–Crippen MR) is 93.3 cm³/mol. The molecule has 7 rings (SSSR count). The topological polar surface area (TPSA) is 0 Å². The first kappa shape index (κ1) is 14.5. The Hall–Kier alpha value is 0.120. The number of fused-ring (bicyclic) bond motifs is 2. The van der Waals surface area contributed by atoms with Crippen molar-refractivity contribution in [2.24, 2.45) is 11.8 Å². The maximum Gasteiger partial charge on any atom is 0.0851 e. The summed E-state index contributed by atoms with van der Waals surface area (Å²) in [7, 11) is 0. The SMILES string of the molecule is ClC1=C(Cl)[C@@]2(Cl)CC[C@]1(Cl)[C@@H]1[C@H]2[C@H]2CC[C@@H]1c1ccccc12. The van der Waals surface area contributed by atoms with E-state index in [-0.39, 0.29) is 0 Å². The Labute approximate surface area is 150 Å². The molecular weight excluding hydrogens is 358 g/mol. The molecule has 0 amide bonds. The average Bonchev–Trinajstić information content (AvgIpc) is 2.56. The van der Waals surface area contributed by atoms with E-state index < -0.39 is 9.75 Å². The third kappa shape index (κ3) is 1.45. The number of rotatable bonds is 0. The lowest BCUT2D eigenvalue weighted by Gasteiger charge is -2.65. The number of halogens is 4. The summed E-state index contributed by atoms with van der Waals surface area (Å²) < 4.78 is 0. The molecule has 4 heteroatoms. The number of hydrogen-bond acceptors (Lipinski definition) is 0. The van der Waals surface area contributed by atoms with Gasteiger partial charge >= 0.3 is 0 Å². The van der Waals surface area contributed by atoms with Crippen LogP contribution in [0.2, 0.25) is 0 Å². The van der Waals surface area contributed by atoms with Gasteiger partial charge in [-0.1, -0.05) is 47.5 Å². The molecule has 0 aromatic heterocycles. The molecule has 0 saturated heterocycles. The highest BCUT2D eigenvalue weighted by molar-refractivity contribution is 6.49. The molecule has 4 bridgehead atoms. The molecule has 0 unspecified atom stereocenters. The van der Waals surface area contributed by atoms with Gasteiger partial charge in [0.05, 0.1) is 19.8 Å². The second-order valence-corrected chi connectivity index (χ2v) is 9.43. The summed E-state index contributed by atoms with van der Waals surface area (Å²) in [6.07, 6.45) is 4.04. The number of alkyl halides is 2. The van der Waals surface area contributed by atoms with Gasteiger partial charge in [-0.2, -0.15) is 0 Å². The minimum atomic E-state index is -0.517. The summed E-state index contributed by atoms with van der Waals surface area (Å²) >= 11 is 27.4. The molecule has 1 aromatic rings. The van der Waals surface area contributed by atoms with Crippen LogP contribution in [-0.2, 0) is 0 Å². The Morgan fingerprint density at radius 1 is 0.773 bits per heavy atom. The number of hydrogen-bond donors (Lipinski definition) is 0. The van der Waals surface area contributed by atoms with Gasteiger partial charge in [0.25, 0.3) is 0 Å². The fraction of sp³-hybridized carbons (Fsp3) is 0.556. The fourth-order valence-corrected chi connectivity index (χ4v) is 7.71. The van der Waals surface area contributed by atoms with E-state index in [0.717, 1.165) is 12.8 Å². The lowest BCUT2D eigenvalue weighted by atomic mass is 9.45.